The van der Waals surface area contributed by atoms with Gasteiger partial charge in [0.05, 0.1) is 12.8 Å². The van der Waals surface area contributed by atoms with Crippen molar-refractivity contribution in [2.75, 3.05) is 19.0 Å². The molecule has 0 aliphatic rings. The van der Waals surface area contributed by atoms with E-state index < -0.39 is 0 Å². The van der Waals surface area contributed by atoms with E-state index in [1.165, 1.54) is 0 Å². The maximum absolute atomic E-state index is 5.20. The van der Waals surface area contributed by atoms with Crippen LogP contribution in [0.25, 0.3) is 11.3 Å². The van der Waals surface area contributed by atoms with E-state index in [1.807, 2.05) is 12.1 Å². The minimum absolute atomic E-state index is 0.319. The normalized spacial score (nSPS) is 10.7. The largest absolute Gasteiger partial charge is 0.481 e. The molecule has 0 fully saturated rings. The lowest BCUT2D eigenvalue weighted by molar-refractivity contribution is 0.398. The molecule has 0 bridgehead atoms. The zero-order valence-corrected chi connectivity index (χ0v) is 13.1. The Morgan fingerprint density at radius 2 is 2.05 bits per heavy atom. The fourth-order valence-electron chi connectivity index (χ4n) is 2.23. The van der Waals surface area contributed by atoms with E-state index >= 15 is 0 Å². The molecule has 5 heteroatoms. The van der Waals surface area contributed by atoms with E-state index in [9.17, 15) is 0 Å². The number of pyridine rings is 1. The Labute approximate surface area is 125 Å². The Bertz CT molecular complexity index is 599. The van der Waals surface area contributed by atoms with Crippen LogP contribution in [0.15, 0.2) is 24.7 Å². The van der Waals surface area contributed by atoms with Crippen LogP contribution in [0.3, 0.4) is 0 Å². The molecule has 0 spiro atoms. The molecule has 0 amide bonds. The first-order valence-corrected chi connectivity index (χ1v) is 7.26. The van der Waals surface area contributed by atoms with Gasteiger partial charge in [-0.2, -0.15) is 0 Å². The van der Waals surface area contributed by atoms with Crippen LogP contribution in [0, 0.1) is 0 Å². The number of hydrogen-bond donors (Lipinski definition) is 1. The summed E-state index contributed by atoms with van der Waals surface area (Å²) in [6.07, 6.45) is 4.39. The van der Waals surface area contributed by atoms with Crippen LogP contribution in [0.1, 0.15) is 38.7 Å². The van der Waals surface area contributed by atoms with E-state index in [4.69, 9.17) is 4.74 Å². The molecule has 0 aromatic carbocycles. The first-order chi connectivity index (χ1) is 10.2. The maximum atomic E-state index is 5.20. The number of anilines is 1. The number of methoxy groups -OCH3 is 1. The van der Waals surface area contributed by atoms with Crippen molar-refractivity contribution in [2.45, 2.75) is 33.1 Å². The molecule has 0 aliphatic heterocycles. The van der Waals surface area contributed by atoms with Crippen molar-refractivity contribution in [3.8, 4) is 17.1 Å². The predicted octanol–water partition coefficient (Wildman–Crippen LogP) is 3.49. The van der Waals surface area contributed by atoms with Crippen molar-refractivity contribution >= 4 is 5.82 Å². The monoisotopic (exact) mass is 286 g/mol. The number of nitrogens with zero attached hydrogens (tertiary/aromatic N) is 3. The topological polar surface area (TPSA) is 59.9 Å². The molecule has 112 valence electrons. The van der Waals surface area contributed by atoms with E-state index in [1.54, 1.807) is 19.6 Å². The Morgan fingerprint density at radius 1 is 1.24 bits per heavy atom. The van der Waals surface area contributed by atoms with E-state index in [2.05, 4.69) is 41.0 Å². The van der Waals surface area contributed by atoms with Crippen LogP contribution in [0.4, 0.5) is 5.82 Å². The summed E-state index contributed by atoms with van der Waals surface area (Å²) in [5.74, 6) is 1.82. The quantitative estimate of drug-likeness (QED) is 0.880. The van der Waals surface area contributed by atoms with E-state index in [0.29, 0.717) is 11.8 Å². The average molecular weight is 286 g/mol. The zero-order valence-electron chi connectivity index (χ0n) is 13.1. The molecule has 2 aromatic heterocycles. The highest BCUT2D eigenvalue weighted by Crippen LogP contribution is 2.32. The molecule has 2 rings (SSSR count). The summed E-state index contributed by atoms with van der Waals surface area (Å²) < 4.78 is 5.20. The first-order valence-electron chi connectivity index (χ1n) is 7.26. The van der Waals surface area contributed by atoms with Crippen molar-refractivity contribution in [1.29, 1.82) is 0 Å². The van der Waals surface area contributed by atoms with Gasteiger partial charge in [0.15, 0.2) is 0 Å². The van der Waals surface area contributed by atoms with Crippen LogP contribution in [0.2, 0.25) is 0 Å². The predicted molar refractivity (Wildman–Crippen MR) is 84.7 cm³/mol. The van der Waals surface area contributed by atoms with Gasteiger partial charge in [0.25, 0.3) is 0 Å². The molecule has 0 radical (unpaired) electrons. The number of rotatable bonds is 6. The Morgan fingerprint density at radius 3 is 2.71 bits per heavy atom. The summed E-state index contributed by atoms with van der Waals surface area (Å²) in [6, 6.07) is 3.85. The molecule has 0 unspecified atom stereocenters. The smallest absolute Gasteiger partial charge is 0.213 e. The van der Waals surface area contributed by atoms with Gasteiger partial charge in [-0.15, -0.1) is 0 Å². The lowest BCUT2D eigenvalue weighted by Gasteiger charge is -2.17. The van der Waals surface area contributed by atoms with Crippen LogP contribution >= 0.6 is 0 Å². The second-order valence-electron chi connectivity index (χ2n) is 5.15. The van der Waals surface area contributed by atoms with E-state index in [0.717, 1.165) is 35.6 Å². The van der Waals surface area contributed by atoms with Gasteiger partial charge in [-0.05, 0) is 18.4 Å². The molecule has 2 heterocycles. The number of nitrogens with one attached hydrogen (secondary N) is 1. The zero-order chi connectivity index (χ0) is 15.2. The van der Waals surface area contributed by atoms with Crippen molar-refractivity contribution in [3.05, 3.63) is 30.2 Å². The third-order valence-corrected chi connectivity index (χ3v) is 3.22. The van der Waals surface area contributed by atoms with Crippen molar-refractivity contribution in [2.24, 2.45) is 0 Å². The van der Waals surface area contributed by atoms with Crippen molar-refractivity contribution < 1.29 is 4.74 Å². The van der Waals surface area contributed by atoms with Gasteiger partial charge in [0, 0.05) is 29.9 Å². The molecular weight excluding hydrogens is 264 g/mol. The Balaban J connectivity index is 2.51. The van der Waals surface area contributed by atoms with Gasteiger partial charge in [-0.3, -0.25) is 0 Å². The second-order valence-corrected chi connectivity index (χ2v) is 5.15. The van der Waals surface area contributed by atoms with E-state index in [-0.39, 0.29) is 0 Å². The number of ether oxygens (including phenoxy) is 1. The van der Waals surface area contributed by atoms with Gasteiger partial charge in [0.2, 0.25) is 5.88 Å². The summed E-state index contributed by atoms with van der Waals surface area (Å²) in [7, 11) is 1.61. The van der Waals surface area contributed by atoms with Gasteiger partial charge in [-0.1, -0.05) is 20.8 Å². The Kier molecular flexibility index (Phi) is 5.09. The maximum Gasteiger partial charge on any atom is 0.213 e. The third kappa shape index (κ3) is 3.48. The summed E-state index contributed by atoms with van der Waals surface area (Å²) in [5, 5.41) is 3.39. The van der Waals surface area contributed by atoms with Gasteiger partial charge >= 0.3 is 0 Å². The highest BCUT2D eigenvalue weighted by atomic mass is 16.5. The highest BCUT2D eigenvalue weighted by Gasteiger charge is 2.16. The minimum Gasteiger partial charge on any atom is -0.481 e. The van der Waals surface area contributed by atoms with Gasteiger partial charge < -0.3 is 10.1 Å². The second kappa shape index (κ2) is 7.02. The van der Waals surface area contributed by atoms with Crippen LogP contribution < -0.4 is 10.1 Å². The fourth-order valence-corrected chi connectivity index (χ4v) is 2.23. The molecule has 0 saturated heterocycles. The molecule has 21 heavy (non-hydrogen) atoms. The lowest BCUT2D eigenvalue weighted by atomic mass is 9.98. The van der Waals surface area contributed by atoms with Crippen LogP contribution in [-0.4, -0.2) is 28.6 Å². The van der Waals surface area contributed by atoms with Crippen LogP contribution in [-0.2, 0) is 0 Å². The minimum atomic E-state index is 0.319. The average Bonchev–Trinajstić information content (AvgIpc) is 2.52. The molecular formula is C16H22N4O. The molecule has 1 N–H and O–H groups in total. The Hall–Kier alpha value is -2.17. The summed E-state index contributed by atoms with van der Waals surface area (Å²) in [6.45, 7) is 7.34. The summed E-state index contributed by atoms with van der Waals surface area (Å²) >= 11 is 0. The fraction of sp³-hybridized carbons (Fsp3) is 0.438. The third-order valence-electron chi connectivity index (χ3n) is 3.22. The van der Waals surface area contributed by atoms with Gasteiger partial charge in [0.1, 0.15) is 12.1 Å². The first kappa shape index (κ1) is 15.2. The van der Waals surface area contributed by atoms with Crippen molar-refractivity contribution in [1.82, 2.24) is 15.0 Å². The summed E-state index contributed by atoms with van der Waals surface area (Å²) in [4.78, 5) is 13.0. The number of aromatic nitrogens is 3. The standard InChI is InChI=1S/C16H22N4O/c1-5-7-18-16-14(11(2)3)15(19-10-20-16)12-6-8-17-13(9-12)21-4/h6,8-11H,5,7H2,1-4H3,(H,18,19,20). The van der Waals surface area contributed by atoms with Gasteiger partial charge in [-0.25, -0.2) is 15.0 Å². The SMILES string of the molecule is CCCNc1ncnc(-c2ccnc(OC)c2)c1C(C)C. The lowest BCUT2D eigenvalue weighted by Crippen LogP contribution is -2.09. The summed E-state index contributed by atoms with van der Waals surface area (Å²) in [5.41, 5.74) is 3.05. The highest BCUT2D eigenvalue weighted by molar-refractivity contribution is 5.69. The molecule has 0 aliphatic carbocycles. The number of hydrogen-bond acceptors (Lipinski definition) is 5. The molecule has 0 atom stereocenters. The molecule has 2 aromatic rings. The molecule has 0 saturated carbocycles. The molecule has 5 nitrogen and oxygen atoms in total. The van der Waals surface area contributed by atoms with Crippen LogP contribution in [0.5, 0.6) is 5.88 Å². The van der Waals surface area contributed by atoms with Crippen molar-refractivity contribution in [3.63, 3.8) is 0 Å².